The molecule has 1 aromatic rings. The van der Waals surface area contributed by atoms with E-state index in [0.717, 1.165) is 6.26 Å². The van der Waals surface area contributed by atoms with Crippen LogP contribution in [0.4, 0.5) is 0 Å². The summed E-state index contributed by atoms with van der Waals surface area (Å²) in [6, 6.07) is 6.24. The lowest BCUT2D eigenvalue weighted by atomic mass is 10.2. The number of hydrogen-bond donors (Lipinski definition) is 1. The Kier molecular flexibility index (Phi) is 5.05. The van der Waals surface area contributed by atoms with E-state index in [4.69, 9.17) is 4.74 Å². The molecule has 1 N–H and O–H groups in total. The summed E-state index contributed by atoms with van der Waals surface area (Å²) in [6.45, 7) is 1.24. The zero-order chi connectivity index (χ0) is 14.5. The molecule has 7 heteroatoms. The summed E-state index contributed by atoms with van der Waals surface area (Å²) in [7, 11) is -3.13. The Balaban J connectivity index is 2.74. The van der Waals surface area contributed by atoms with Crippen LogP contribution in [0.3, 0.4) is 0 Å². The second kappa shape index (κ2) is 6.33. The van der Waals surface area contributed by atoms with Crippen molar-refractivity contribution in [2.24, 2.45) is 0 Å². The predicted molar refractivity (Wildman–Crippen MR) is 69.8 cm³/mol. The van der Waals surface area contributed by atoms with Crippen LogP contribution in [0.15, 0.2) is 24.3 Å². The quantitative estimate of drug-likeness (QED) is 0.624. The highest BCUT2D eigenvalue weighted by Gasteiger charge is 2.13. The molecule has 6 nitrogen and oxygen atoms in total. The van der Waals surface area contributed by atoms with Gasteiger partial charge in [-0.25, -0.2) is 8.42 Å². The normalized spacial score (nSPS) is 10.8. The molecule has 0 atom stereocenters. The minimum Gasteiger partial charge on any atom is -0.426 e. The van der Waals surface area contributed by atoms with Gasteiger partial charge in [-0.05, 0) is 12.1 Å². The van der Waals surface area contributed by atoms with Gasteiger partial charge in [-0.2, -0.15) is 0 Å². The van der Waals surface area contributed by atoms with E-state index in [0.29, 0.717) is 0 Å². The molecule has 0 unspecified atom stereocenters. The maximum atomic E-state index is 11.8. The van der Waals surface area contributed by atoms with Crippen LogP contribution in [0.5, 0.6) is 5.75 Å². The summed E-state index contributed by atoms with van der Waals surface area (Å²) in [5, 5.41) is 2.46. The lowest BCUT2D eigenvalue weighted by molar-refractivity contribution is -0.131. The summed E-state index contributed by atoms with van der Waals surface area (Å²) in [4.78, 5) is 22.7. The zero-order valence-electron chi connectivity index (χ0n) is 10.7. The van der Waals surface area contributed by atoms with Crippen LogP contribution in [0.2, 0.25) is 0 Å². The fourth-order valence-corrected chi connectivity index (χ4v) is 1.82. The Morgan fingerprint density at radius 2 is 1.89 bits per heavy atom. The van der Waals surface area contributed by atoms with Crippen molar-refractivity contribution in [1.82, 2.24) is 5.32 Å². The molecule has 0 aliphatic carbocycles. The fourth-order valence-electron chi connectivity index (χ4n) is 1.34. The lowest BCUT2D eigenvalue weighted by Gasteiger charge is -2.09. The molecule has 1 amide bonds. The molecule has 0 aromatic heterocycles. The molecule has 0 fully saturated rings. The van der Waals surface area contributed by atoms with E-state index >= 15 is 0 Å². The summed E-state index contributed by atoms with van der Waals surface area (Å²) in [5.41, 5.74) is 0.186. The van der Waals surface area contributed by atoms with Gasteiger partial charge in [0, 0.05) is 19.7 Å². The van der Waals surface area contributed by atoms with E-state index in [1.165, 1.54) is 19.1 Å². The van der Waals surface area contributed by atoms with Crippen molar-refractivity contribution in [2.75, 3.05) is 18.6 Å². The second-order valence-electron chi connectivity index (χ2n) is 3.98. The molecular formula is C12H15NO5S. The summed E-state index contributed by atoms with van der Waals surface area (Å²) in [5.74, 6) is -1.02. The third kappa shape index (κ3) is 5.52. The van der Waals surface area contributed by atoms with E-state index in [1.54, 1.807) is 12.1 Å². The van der Waals surface area contributed by atoms with Crippen molar-refractivity contribution < 1.29 is 22.7 Å². The summed E-state index contributed by atoms with van der Waals surface area (Å²) >= 11 is 0. The number of hydrogen-bond acceptors (Lipinski definition) is 5. The number of ether oxygens (including phenoxy) is 1. The number of carbonyl (C=O) groups is 2. The molecule has 19 heavy (non-hydrogen) atoms. The van der Waals surface area contributed by atoms with E-state index in [2.05, 4.69) is 5.32 Å². The van der Waals surface area contributed by atoms with Crippen molar-refractivity contribution in [3.05, 3.63) is 29.8 Å². The number of esters is 1. The Morgan fingerprint density at radius 1 is 1.26 bits per heavy atom. The first-order chi connectivity index (χ1) is 8.79. The SMILES string of the molecule is CC(=O)Oc1ccccc1C(=O)NCCS(C)(=O)=O. The number of amides is 1. The number of carbonyl (C=O) groups excluding carboxylic acids is 2. The summed E-state index contributed by atoms with van der Waals surface area (Å²) < 4.78 is 26.8. The standard InChI is InChI=1S/C12H15NO5S/c1-9(14)18-11-6-4-3-5-10(11)12(15)13-7-8-19(2,16)17/h3-6H,7-8H2,1-2H3,(H,13,15). The molecule has 0 aliphatic heterocycles. The molecule has 1 aromatic carbocycles. The average Bonchev–Trinajstić information content (AvgIpc) is 2.27. The smallest absolute Gasteiger partial charge is 0.308 e. The first kappa shape index (κ1) is 15.2. The third-order valence-corrected chi connectivity index (χ3v) is 3.09. The van der Waals surface area contributed by atoms with Crippen LogP contribution < -0.4 is 10.1 Å². The van der Waals surface area contributed by atoms with E-state index in [1.807, 2.05) is 0 Å². The van der Waals surface area contributed by atoms with E-state index < -0.39 is 21.7 Å². The number of para-hydroxylation sites is 1. The zero-order valence-corrected chi connectivity index (χ0v) is 11.5. The van der Waals surface area contributed by atoms with Crippen molar-refractivity contribution in [3.63, 3.8) is 0 Å². The highest BCUT2D eigenvalue weighted by atomic mass is 32.2. The van der Waals surface area contributed by atoms with Crippen molar-refractivity contribution >= 4 is 21.7 Å². The molecular weight excluding hydrogens is 270 g/mol. The highest BCUT2D eigenvalue weighted by Crippen LogP contribution is 2.17. The van der Waals surface area contributed by atoms with Crippen LogP contribution in [0.25, 0.3) is 0 Å². The fraction of sp³-hybridized carbons (Fsp3) is 0.333. The largest absolute Gasteiger partial charge is 0.426 e. The maximum Gasteiger partial charge on any atom is 0.308 e. The second-order valence-corrected chi connectivity index (χ2v) is 6.24. The van der Waals surface area contributed by atoms with Crippen molar-refractivity contribution in [2.45, 2.75) is 6.92 Å². The van der Waals surface area contributed by atoms with E-state index in [9.17, 15) is 18.0 Å². The molecule has 0 radical (unpaired) electrons. The molecule has 0 heterocycles. The van der Waals surface area contributed by atoms with Crippen LogP contribution in [-0.2, 0) is 14.6 Å². The molecule has 1 rings (SSSR count). The molecule has 0 bridgehead atoms. The van der Waals surface area contributed by atoms with Gasteiger partial charge in [-0.1, -0.05) is 12.1 Å². The van der Waals surface area contributed by atoms with Crippen LogP contribution >= 0.6 is 0 Å². The first-order valence-corrected chi connectivity index (χ1v) is 7.59. The van der Waals surface area contributed by atoms with Gasteiger partial charge in [-0.3, -0.25) is 9.59 Å². The molecule has 0 aliphatic rings. The minimum absolute atomic E-state index is 0.00602. The Morgan fingerprint density at radius 3 is 2.47 bits per heavy atom. The van der Waals surface area contributed by atoms with Gasteiger partial charge in [0.1, 0.15) is 15.6 Å². The Hall–Kier alpha value is -1.89. The minimum atomic E-state index is -3.13. The molecule has 104 valence electrons. The predicted octanol–water partition coefficient (Wildman–Crippen LogP) is 0.386. The van der Waals surface area contributed by atoms with Gasteiger partial charge in [0.2, 0.25) is 0 Å². The number of rotatable bonds is 5. The van der Waals surface area contributed by atoms with E-state index in [-0.39, 0.29) is 23.6 Å². The highest BCUT2D eigenvalue weighted by molar-refractivity contribution is 7.90. The van der Waals surface area contributed by atoms with Crippen LogP contribution in [0.1, 0.15) is 17.3 Å². The average molecular weight is 285 g/mol. The van der Waals surface area contributed by atoms with Gasteiger partial charge >= 0.3 is 5.97 Å². The number of nitrogens with one attached hydrogen (secondary N) is 1. The van der Waals surface area contributed by atoms with Gasteiger partial charge in [0.15, 0.2) is 0 Å². The first-order valence-electron chi connectivity index (χ1n) is 5.53. The van der Waals surface area contributed by atoms with Gasteiger partial charge in [-0.15, -0.1) is 0 Å². The van der Waals surface area contributed by atoms with Gasteiger partial charge in [0.25, 0.3) is 5.91 Å². The number of benzene rings is 1. The summed E-state index contributed by atoms with van der Waals surface area (Å²) in [6.07, 6.45) is 1.09. The molecule has 0 saturated heterocycles. The van der Waals surface area contributed by atoms with Gasteiger partial charge in [0.05, 0.1) is 11.3 Å². The monoisotopic (exact) mass is 285 g/mol. The van der Waals surface area contributed by atoms with Crippen molar-refractivity contribution in [3.8, 4) is 5.75 Å². The molecule has 0 spiro atoms. The number of sulfone groups is 1. The maximum absolute atomic E-state index is 11.8. The van der Waals surface area contributed by atoms with Crippen LogP contribution in [0, 0.1) is 0 Å². The van der Waals surface area contributed by atoms with Crippen molar-refractivity contribution in [1.29, 1.82) is 0 Å². The third-order valence-electron chi connectivity index (χ3n) is 2.14. The Bertz CT molecular complexity index is 580. The van der Waals surface area contributed by atoms with Gasteiger partial charge < -0.3 is 10.1 Å². The Labute approximate surface area is 111 Å². The molecule has 0 saturated carbocycles. The topological polar surface area (TPSA) is 89.5 Å². The lowest BCUT2D eigenvalue weighted by Crippen LogP contribution is -2.29. The van der Waals surface area contributed by atoms with Crippen LogP contribution in [-0.4, -0.2) is 38.8 Å².